The third-order valence-electron chi connectivity index (χ3n) is 3.14. The molecule has 8 heteroatoms. The first-order chi connectivity index (χ1) is 10.4. The van der Waals surface area contributed by atoms with Crippen molar-refractivity contribution >= 4 is 32.5 Å². The van der Waals surface area contributed by atoms with Crippen LogP contribution in [0.25, 0.3) is 10.9 Å². The molecule has 0 aliphatic carbocycles. The molecule has 3 aromatic rings. The van der Waals surface area contributed by atoms with Gasteiger partial charge in [0.25, 0.3) is 15.6 Å². The fourth-order valence-electron chi connectivity index (χ4n) is 1.97. The van der Waals surface area contributed by atoms with Crippen LogP contribution in [0.1, 0.15) is 5.56 Å². The van der Waals surface area contributed by atoms with Crippen molar-refractivity contribution in [2.24, 2.45) is 0 Å². The summed E-state index contributed by atoms with van der Waals surface area (Å²) in [5, 5.41) is 7.71. The Balaban J connectivity index is 2.27. The summed E-state index contributed by atoms with van der Waals surface area (Å²) in [6.07, 6.45) is 0. The molecule has 1 aromatic heterocycles. The molecule has 0 N–H and O–H groups in total. The SMILES string of the molecule is Cc1ccc(S(=O)(=O)n2nnc3ccc(Cl)cc3c2=O)cc1. The molecule has 0 aliphatic rings. The number of hydrogen-bond acceptors (Lipinski definition) is 5. The van der Waals surface area contributed by atoms with Crippen molar-refractivity contribution in [1.82, 2.24) is 14.4 Å². The van der Waals surface area contributed by atoms with Gasteiger partial charge in [-0.3, -0.25) is 4.79 Å². The van der Waals surface area contributed by atoms with E-state index in [0.29, 0.717) is 9.11 Å². The molecule has 0 bridgehead atoms. The van der Waals surface area contributed by atoms with Crippen molar-refractivity contribution in [3.05, 3.63) is 63.4 Å². The molecule has 6 nitrogen and oxygen atoms in total. The van der Waals surface area contributed by atoms with Gasteiger partial charge in [-0.1, -0.05) is 33.4 Å². The van der Waals surface area contributed by atoms with Gasteiger partial charge in [0.15, 0.2) is 0 Å². The molecule has 0 radical (unpaired) electrons. The number of nitrogens with zero attached hydrogens (tertiary/aromatic N) is 3. The van der Waals surface area contributed by atoms with Crippen LogP contribution in [-0.4, -0.2) is 22.8 Å². The molecule has 22 heavy (non-hydrogen) atoms. The van der Waals surface area contributed by atoms with Crippen LogP contribution >= 0.6 is 11.6 Å². The first kappa shape index (κ1) is 14.7. The highest BCUT2D eigenvalue weighted by atomic mass is 35.5. The summed E-state index contributed by atoms with van der Waals surface area (Å²) in [6.45, 7) is 1.83. The maximum Gasteiger partial charge on any atom is 0.292 e. The summed E-state index contributed by atoms with van der Waals surface area (Å²) in [4.78, 5) is 12.4. The number of aromatic nitrogens is 3. The predicted octanol–water partition coefficient (Wildman–Crippen LogP) is 1.99. The Hall–Kier alpha value is -2.25. The van der Waals surface area contributed by atoms with Gasteiger partial charge in [-0.2, -0.15) is 8.42 Å². The van der Waals surface area contributed by atoms with Crippen molar-refractivity contribution in [1.29, 1.82) is 0 Å². The van der Waals surface area contributed by atoms with E-state index in [1.54, 1.807) is 18.2 Å². The summed E-state index contributed by atoms with van der Waals surface area (Å²) in [5.74, 6) is 0. The van der Waals surface area contributed by atoms with Gasteiger partial charge in [0.05, 0.1) is 10.3 Å². The van der Waals surface area contributed by atoms with E-state index in [-0.39, 0.29) is 15.8 Å². The number of aryl methyl sites for hydroxylation is 1. The molecule has 0 fully saturated rings. The number of hydrogen-bond donors (Lipinski definition) is 0. The first-order valence-corrected chi connectivity index (χ1v) is 8.09. The van der Waals surface area contributed by atoms with Crippen LogP contribution in [0.15, 0.2) is 52.2 Å². The standard InChI is InChI=1S/C14H10ClN3O3S/c1-9-2-5-11(6-3-9)22(20,21)18-14(19)12-8-10(15)4-7-13(12)16-17-18/h2-8H,1H3. The van der Waals surface area contributed by atoms with Gasteiger partial charge in [0.2, 0.25) is 0 Å². The van der Waals surface area contributed by atoms with Crippen LogP contribution in [0.2, 0.25) is 5.02 Å². The number of fused-ring (bicyclic) bond motifs is 1. The lowest BCUT2D eigenvalue weighted by atomic mass is 10.2. The van der Waals surface area contributed by atoms with Crippen LogP contribution in [-0.2, 0) is 10.0 Å². The smallest absolute Gasteiger partial charge is 0.266 e. The second-order valence-electron chi connectivity index (χ2n) is 4.72. The summed E-state index contributed by atoms with van der Waals surface area (Å²) < 4.78 is 25.4. The van der Waals surface area contributed by atoms with Crippen LogP contribution in [0, 0.1) is 6.92 Å². The maximum absolute atomic E-state index is 12.5. The normalized spacial score (nSPS) is 11.7. The van der Waals surface area contributed by atoms with Crippen molar-refractivity contribution in [2.45, 2.75) is 11.8 Å². The fraction of sp³-hybridized carbons (Fsp3) is 0.0714. The summed E-state index contributed by atoms with van der Waals surface area (Å²) in [5.41, 5.74) is 0.403. The van der Waals surface area contributed by atoms with Gasteiger partial charge < -0.3 is 0 Å². The van der Waals surface area contributed by atoms with E-state index in [1.807, 2.05) is 6.92 Å². The Morgan fingerprint density at radius 3 is 2.45 bits per heavy atom. The van der Waals surface area contributed by atoms with Crippen LogP contribution < -0.4 is 5.56 Å². The van der Waals surface area contributed by atoms with Gasteiger partial charge in [0.1, 0.15) is 5.52 Å². The Kier molecular flexibility index (Phi) is 3.46. The van der Waals surface area contributed by atoms with E-state index >= 15 is 0 Å². The second-order valence-corrected chi connectivity index (χ2v) is 6.92. The highest BCUT2D eigenvalue weighted by Crippen LogP contribution is 2.16. The van der Waals surface area contributed by atoms with Gasteiger partial charge in [-0.05, 0) is 42.5 Å². The molecular formula is C14H10ClN3O3S. The fourth-order valence-corrected chi connectivity index (χ4v) is 3.27. The van der Waals surface area contributed by atoms with E-state index in [2.05, 4.69) is 10.3 Å². The zero-order chi connectivity index (χ0) is 15.9. The summed E-state index contributed by atoms with van der Waals surface area (Å²) >= 11 is 5.85. The molecule has 0 saturated heterocycles. The zero-order valence-corrected chi connectivity index (χ0v) is 13.0. The number of benzene rings is 2. The quantitative estimate of drug-likeness (QED) is 0.715. The molecule has 112 valence electrons. The third-order valence-corrected chi connectivity index (χ3v) is 4.94. The van der Waals surface area contributed by atoms with Gasteiger partial charge in [0, 0.05) is 5.02 Å². The summed E-state index contributed by atoms with van der Waals surface area (Å²) in [7, 11) is -4.10. The van der Waals surface area contributed by atoms with E-state index in [0.717, 1.165) is 5.56 Å². The van der Waals surface area contributed by atoms with E-state index in [9.17, 15) is 13.2 Å². The van der Waals surface area contributed by atoms with E-state index in [4.69, 9.17) is 11.6 Å². The molecule has 0 aliphatic heterocycles. The molecule has 1 heterocycles. The topological polar surface area (TPSA) is 81.9 Å². The first-order valence-electron chi connectivity index (χ1n) is 6.27. The van der Waals surface area contributed by atoms with Crippen LogP contribution in [0.4, 0.5) is 0 Å². The zero-order valence-electron chi connectivity index (χ0n) is 11.4. The Labute approximate surface area is 131 Å². The number of halogens is 1. The van der Waals surface area contributed by atoms with Crippen molar-refractivity contribution in [3.8, 4) is 0 Å². The minimum atomic E-state index is -4.10. The maximum atomic E-state index is 12.5. The average Bonchev–Trinajstić information content (AvgIpc) is 2.48. The lowest BCUT2D eigenvalue weighted by molar-refractivity contribution is 0.571. The summed E-state index contributed by atoms with van der Waals surface area (Å²) in [6, 6.07) is 10.6. The van der Waals surface area contributed by atoms with Gasteiger partial charge >= 0.3 is 0 Å². The van der Waals surface area contributed by atoms with Crippen molar-refractivity contribution in [3.63, 3.8) is 0 Å². The predicted molar refractivity (Wildman–Crippen MR) is 82.6 cm³/mol. The highest BCUT2D eigenvalue weighted by Gasteiger charge is 2.21. The Bertz CT molecular complexity index is 1030. The molecule has 0 spiro atoms. The van der Waals surface area contributed by atoms with Gasteiger partial charge in [-0.15, -0.1) is 5.10 Å². The van der Waals surface area contributed by atoms with Crippen molar-refractivity contribution in [2.75, 3.05) is 0 Å². The minimum absolute atomic E-state index is 0.0316. The molecule has 0 unspecified atom stereocenters. The highest BCUT2D eigenvalue weighted by molar-refractivity contribution is 7.89. The van der Waals surface area contributed by atoms with Crippen LogP contribution in [0.5, 0.6) is 0 Å². The molecule has 0 atom stereocenters. The third kappa shape index (κ3) is 2.38. The molecule has 3 rings (SSSR count). The molecular weight excluding hydrogens is 326 g/mol. The average molecular weight is 336 g/mol. The Morgan fingerprint density at radius 1 is 1.09 bits per heavy atom. The lowest BCUT2D eigenvalue weighted by Crippen LogP contribution is -2.30. The van der Waals surface area contributed by atoms with E-state index < -0.39 is 15.6 Å². The van der Waals surface area contributed by atoms with E-state index in [1.165, 1.54) is 24.3 Å². The molecule has 0 saturated carbocycles. The molecule has 2 aromatic carbocycles. The number of rotatable bonds is 2. The van der Waals surface area contributed by atoms with Crippen LogP contribution in [0.3, 0.4) is 0 Å². The monoisotopic (exact) mass is 335 g/mol. The molecule has 0 amide bonds. The minimum Gasteiger partial charge on any atom is -0.266 e. The Morgan fingerprint density at radius 2 is 1.77 bits per heavy atom. The van der Waals surface area contributed by atoms with Crippen molar-refractivity contribution < 1.29 is 8.42 Å². The lowest BCUT2D eigenvalue weighted by Gasteiger charge is -2.06. The second kappa shape index (κ2) is 5.19. The largest absolute Gasteiger partial charge is 0.292 e. The van der Waals surface area contributed by atoms with Gasteiger partial charge in [-0.25, -0.2) is 0 Å².